The van der Waals surface area contributed by atoms with Crippen molar-refractivity contribution in [3.8, 4) is 0 Å². The highest BCUT2D eigenvalue weighted by Gasteiger charge is 2.24. The number of nitrogens with zero attached hydrogens (tertiary/aromatic N) is 1. The Hall–Kier alpha value is -1.36. The van der Waals surface area contributed by atoms with Crippen molar-refractivity contribution >= 4 is 11.4 Å². The van der Waals surface area contributed by atoms with Gasteiger partial charge in [0.05, 0.1) is 0 Å². The summed E-state index contributed by atoms with van der Waals surface area (Å²) < 4.78 is 27.3. The number of nitrogen functional groups attached to an aromatic ring is 1. The van der Waals surface area contributed by atoms with Crippen molar-refractivity contribution in [2.75, 3.05) is 24.6 Å². The Bertz CT molecular complexity index is 413. The zero-order valence-electron chi connectivity index (χ0n) is 10.7. The van der Waals surface area contributed by atoms with Crippen LogP contribution < -0.4 is 11.1 Å². The molecule has 1 aromatic rings. The Morgan fingerprint density at radius 3 is 2.50 bits per heavy atom. The van der Waals surface area contributed by atoms with E-state index < -0.39 is 11.6 Å². The summed E-state index contributed by atoms with van der Waals surface area (Å²) in [6.07, 6.45) is 1.75. The number of hydrogen-bond acceptors (Lipinski definition) is 3. The summed E-state index contributed by atoms with van der Waals surface area (Å²) in [6, 6.07) is 2.80. The molecule has 0 aliphatic carbocycles. The monoisotopic (exact) mass is 255 g/mol. The summed E-state index contributed by atoms with van der Waals surface area (Å²) >= 11 is 0. The fraction of sp³-hybridized carbons (Fsp3) is 0.538. The van der Waals surface area contributed by atoms with Gasteiger partial charge < -0.3 is 16.0 Å². The van der Waals surface area contributed by atoms with Crippen LogP contribution in [0.25, 0.3) is 0 Å². The second-order valence-corrected chi connectivity index (χ2v) is 5.05. The first-order valence-corrected chi connectivity index (χ1v) is 6.18. The molecule has 3 N–H and O–H groups in total. The van der Waals surface area contributed by atoms with Crippen molar-refractivity contribution in [2.24, 2.45) is 0 Å². The molecule has 0 aromatic heterocycles. The fourth-order valence-electron chi connectivity index (χ4n) is 2.36. The normalized spacial score (nSPS) is 25.1. The lowest BCUT2D eigenvalue weighted by molar-refractivity contribution is 0.190. The van der Waals surface area contributed by atoms with Gasteiger partial charge in [0.25, 0.3) is 0 Å². The van der Waals surface area contributed by atoms with E-state index >= 15 is 0 Å². The van der Waals surface area contributed by atoms with E-state index in [9.17, 15) is 8.78 Å². The first kappa shape index (κ1) is 13.1. The quantitative estimate of drug-likeness (QED) is 0.798. The molecule has 1 fully saturated rings. The summed E-state index contributed by atoms with van der Waals surface area (Å²) in [5, 5.41) is 2.96. The van der Waals surface area contributed by atoms with E-state index in [4.69, 9.17) is 5.73 Å². The Morgan fingerprint density at radius 1 is 1.33 bits per heavy atom. The predicted molar refractivity (Wildman–Crippen MR) is 69.5 cm³/mol. The number of anilines is 2. The van der Waals surface area contributed by atoms with Gasteiger partial charge in [-0.1, -0.05) is 0 Å². The van der Waals surface area contributed by atoms with Crippen LogP contribution in [0.15, 0.2) is 12.1 Å². The molecule has 0 radical (unpaired) electrons. The summed E-state index contributed by atoms with van der Waals surface area (Å²) in [4.78, 5) is 2.24. The van der Waals surface area contributed by atoms with Gasteiger partial charge in [0.2, 0.25) is 0 Å². The molecule has 0 bridgehead atoms. The predicted octanol–water partition coefficient (Wildman–Crippen LogP) is 2.44. The topological polar surface area (TPSA) is 41.3 Å². The van der Waals surface area contributed by atoms with E-state index in [0.717, 1.165) is 31.5 Å². The van der Waals surface area contributed by atoms with Crippen LogP contribution in [0.2, 0.25) is 0 Å². The van der Waals surface area contributed by atoms with Gasteiger partial charge >= 0.3 is 0 Å². The Kier molecular flexibility index (Phi) is 3.71. The summed E-state index contributed by atoms with van der Waals surface area (Å²) in [6.45, 7) is 3.04. The highest BCUT2D eigenvalue weighted by molar-refractivity contribution is 5.54. The van der Waals surface area contributed by atoms with Crippen LogP contribution in [0.3, 0.4) is 0 Å². The number of benzene rings is 1. The molecule has 1 aromatic carbocycles. The molecule has 0 spiro atoms. The molecule has 1 heterocycles. The molecule has 1 aliphatic rings. The second kappa shape index (κ2) is 5.10. The van der Waals surface area contributed by atoms with Crippen molar-refractivity contribution in [1.29, 1.82) is 0 Å². The van der Waals surface area contributed by atoms with Crippen molar-refractivity contribution in [2.45, 2.75) is 31.8 Å². The summed E-state index contributed by atoms with van der Waals surface area (Å²) in [5.41, 5.74) is 5.43. The first-order chi connectivity index (χ1) is 8.47. The minimum Gasteiger partial charge on any atom is -0.399 e. The van der Waals surface area contributed by atoms with Gasteiger partial charge in [0.1, 0.15) is 5.69 Å². The smallest absolute Gasteiger partial charge is 0.151 e. The second-order valence-electron chi connectivity index (χ2n) is 5.05. The maximum Gasteiger partial charge on any atom is 0.151 e. The van der Waals surface area contributed by atoms with Crippen LogP contribution in [-0.4, -0.2) is 30.6 Å². The third-order valence-electron chi connectivity index (χ3n) is 3.62. The molecular weight excluding hydrogens is 236 g/mol. The number of halogens is 2. The number of piperidine rings is 1. The third kappa shape index (κ3) is 2.72. The van der Waals surface area contributed by atoms with Crippen LogP contribution in [0.1, 0.15) is 19.8 Å². The summed E-state index contributed by atoms with van der Waals surface area (Å²) in [5.74, 6) is -1.25. The highest BCUT2D eigenvalue weighted by Crippen LogP contribution is 2.26. The number of rotatable bonds is 2. The number of nitrogens with two attached hydrogens (primary N) is 1. The summed E-state index contributed by atoms with van der Waals surface area (Å²) in [7, 11) is 2.06. The van der Waals surface area contributed by atoms with Gasteiger partial charge in [-0.25, -0.2) is 8.78 Å². The highest BCUT2D eigenvalue weighted by atomic mass is 19.1. The van der Waals surface area contributed by atoms with E-state index in [0.29, 0.717) is 6.04 Å². The van der Waals surface area contributed by atoms with Crippen molar-refractivity contribution in [3.63, 3.8) is 0 Å². The van der Waals surface area contributed by atoms with Gasteiger partial charge in [-0.05, 0) is 38.9 Å². The Balaban J connectivity index is 2.10. The largest absolute Gasteiger partial charge is 0.399 e. The molecule has 0 amide bonds. The molecule has 2 atom stereocenters. The molecule has 100 valence electrons. The molecule has 1 aliphatic heterocycles. The van der Waals surface area contributed by atoms with Gasteiger partial charge in [0, 0.05) is 24.3 Å². The molecule has 2 rings (SSSR count). The zero-order chi connectivity index (χ0) is 13.3. The maximum absolute atomic E-state index is 13.6. The molecule has 18 heavy (non-hydrogen) atoms. The Morgan fingerprint density at radius 2 is 1.94 bits per heavy atom. The molecule has 5 heteroatoms. The number of hydrogen-bond donors (Lipinski definition) is 2. The van der Waals surface area contributed by atoms with Crippen molar-refractivity contribution < 1.29 is 8.78 Å². The maximum atomic E-state index is 13.6. The minimum absolute atomic E-state index is 0.0639. The van der Waals surface area contributed by atoms with Crippen LogP contribution in [0, 0.1) is 11.6 Å². The van der Waals surface area contributed by atoms with Crippen LogP contribution >= 0.6 is 0 Å². The van der Waals surface area contributed by atoms with Gasteiger partial charge in [-0.15, -0.1) is 0 Å². The minimum atomic E-state index is -0.626. The van der Waals surface area contributed by atoms with Gasteiger partial charge in [-0.3, -0.25) is 0 Å². The van der Waals surface area contributed by atoms with E-state index in [1.165, 1.54) is 0 Å². The van der Waals surface area contributed by atoms with E-state index in [1.54, 1.807) is 0 Å². The van der Waals surface area contributed by atoms with Crippen molar-refractivity contribution in [3.05, 3.63) is 23.8 Å². The molecule has 2 unspecified atom stereocenters. The standard InChI is InChI=1S/C13H19F2N3/c1-8-5-10(3-4-18(8)2)17-13-11(14)6-9(16)7-12(13)15/h6-8,10,17H,3-5,16H2,1-2H3. The van der Waals surface area contributed by atoms with Gasteiger partial charge in [-0.2, -0.15) is 0 Å². The van der Waals surface area contributed by atoms with Crippen LogP contribution in [-0.2, 0) is 0 Å². The number of likely N-dealkylation sites (tertiary alicyclic amines) is 1. The molecule has 3 nitrogen and oxygen atoms in total. The third-order valence-corrected chi connectivity index (χ3v) is 3.62. The average molecular weight is 255 g/mol. The van der Waals surface area contributed by atoms with E-state index in [2.05, 4.69) is 24.2 Å². The van der Waals surface area contributed by atoms with E-state index in [-0.39, 0.29) is 17.4 Å². The Labute approximate surface area is 106 Å². The average Bonchev–Trinajstić information content (AvgIpc) is 2.28. The number of nitrogens with one attached hydrogen (secondary N) is 1. The molecule has 1 saturated heterocycles. The van der Waals surface area contributed by atoms with Crippen LogP contribution in [0.5, 0.6) is 0 Å². The van der Waals surface area contributed by atoms with Gasteiger partial charge in [0.15, 0.2) is 11.6 Å². The lowest BCUT2D eigenvalue weighted by atomic mass is 9.98. The lowest BCUT2D eigenvalue weighted by Crippen LogP contribution is -2.42. The SMILES string of the molecule is CC1CC(Nc2c(F)cc(N)cc2F)CCN1C. The molecule has 0 saturated carbocycles. The first-order valence-electron chi connectivity index (χ1n) is 6.18. The van der Waals surface area contributed by atoms with E-state index in [1.807, 2.05) is 0 Å². The van der Waals surface area contributed by atoms with Crippen molar-refractivity contribution in [1.82, 2.24) is 4.90 Å². The van der Waals surface area contributed by atoms with Crippen LogP contribution in [0.4, 0.5) is 20.2 Å². The lowest BCUT2D eigenvalue weighted by Gasteiger charge is -2.35. The molecular formula is C13H19F2N3. The fourth-order valence-corrected chi connectivity index (χ4v) is 2.36. The zero-order valence-corrected chi connectivity index (χ0v) is 10.7.